The molecule has 1 amide bonds. The van der Waals surface area contributed by atoms with Crippen molar-refractivity contribution in [2.45, 2.75) is 30.7 Å². The molecule has 1 aliphatic rings. The van der Waals surface area contributed by atoms with Crippen LogP contribution in [-0.2, 0) is 10.0 Å². The first-order valence-corrected chi connectivity index (χ1v) is 9.73. The number of nitrogens with zero attached hydrogens (tertiary/aromatic N) is 3. The van der Waals surface area contributed by atoms with E-state index in [0.29, 0.717) is 5.56 Å². The lowest BCUT2D eigenvalue weighted by Crippen LogP contribution is -2.45. The van der Waals surface area contributed by atoms with Gasteiger partial charge in [0, 0.05) is 32.7 Å². The van der Waals surface area contributed by atoms with Crippen LogP contribution in [0, 0.1) is 0 Å². The predicted molar refractivity (Wildman–Crippen MR) is 94.5 cm³/mol. The van der Waals surface area contributed by atoms with Gasteiger partial charge in [-0.25, -0.2) is 8.42 Å². The van der Waals surface area contributed by atoms with Crippen molar-refractivity contribution in [3.05, 3.63) is 29.8 Å². The first-order valence-electron chi connectivity index (χ1n) is 8.29. The Hall–Kier alpha value is -1.44. The van der Waals surface area contributed by atoms with Gasteiger partial charge in [0.2, 0.25) is 10.0 Å². The second-order valence-electron chi connectivity index (χ2n) is 6.41. The third-order valence-corrected chi connectivity index (χ3v) is 6.59. The molecule has 1 saturated heterocycles. The van der Waals surface area contributed by atoms with E-state index >= 15 is 0 Å². The lowest BCUT2D eigenvalue weighted by molar-refractivity contribution is 0.0827. The van der Waals surface area contributed by atoms with Gasteiger partial charge in [-0.3, -0.25) is 4.79 Å². The number of rotatable bonds is 5. The van der Waals surface area contributed by atoms with Gasteiger partial charge in [0.1, 0.15) is 0 Å². The van der Waals surface area contributed by atoms with Gasteiger partial charge in [0.25, 0.3) is 5.91 Å². The number of hydrogen-bond donors (Lipinski definition) is 0. The minimum absolute atomic E-state index is 0.00556. The van der Waals surface area contributed by atoms with Crippen LogP contribution >= 0.6 is 0 Å². The van der Waals surface area contributed by atoms with Crippen molar-refractivity contribution in [2.24, 2.45) is 0 Å². The SMILES string of the molecule is CCN1CCC(N(C)S(=O)(=O)c2cccc(C(=O)N(C)C)c2)CC1. The van der Waals surface area contributed by atoms with Crippen molar-refractivity contribution in [3.8, 4) is 0 Å². The Morgan fingerprint density at radius 3 is 2.38 bits per heavy atom. The molecule has 0 atom stereocenters. The molecule has 1 heterocycles. The summed E-state index contributed by atoms with van der Waals surface area (Å²) < 4.78 is 27.3. The van der Waals surface area contributed by atoms with E-state index in [9.17, 15) is 13.2 Å². The normalized spacial score (nSPS) is 17.2. The molecule has 0 saturated carbocycles. The van der Waals surface area contributed by atoms with Crippen LogP contribution in [0.2, 0.25) is 0 Å². The van der Waals surface area contributed by atoms with Crippen molar-refractivity contribution in [3.63, 3.8) is 0 Å². The number of sulfonamides is 1. The van der Waals surface area contributed by atoms with Gasteiger partial charge in [-0.2, -0.15) is 4.31 Å². The van der Waals surface area contributed by atoms with Crippen LogP contribution in [0.3, 0.4) is 0 Å². The molecular weight excluding hydrogens is 326 g/mol. The summed E-state index contributed by atoms with van der Waals surface area (Å²) >= 11 is 0. The summed E-state index contributed by atoms with van der Waals surface area (Å²) in [5.41, 5.74) is 0.385. The zero-order valence-corrected chi connectivity index (χ0v) is 15.7. The molecule has 1 aliphatic heterocycles. The second-order valence-corrected chi connectivity index (χ2v) is 8.41. The molecule has 0 radical (unpaired) electrons. The molecule has 134 valence electrons. The van der Waals surface area contributed by atoms with Crippen LogP contribution in [0.4, 0.5) is 0 Å². The van der Waals surface area contributed by atoms with Crippen LogP contribution in [0.15, 0.2) is 29.2 Å². The largest absolute Gasteiger partial charge is 0.345 e. The Labute approximate surface area is 145 Å². The Kier molecular flexibility index (Phi) is 6.01. The molecule has 0 spiro atoms. The van der Waals surface area contributed by atoms with E-state index in [0.717, 1.165) is 32.5 Å². The molecular formula is C17H27N3O3S. The molecule has 0 unspecified atom stereocenters. The average molecular weight is 353 g/mol. The third-order valence-electron chi connectivity index (χ3n) is 4.68. The Morgan fingerprint density at radius 1 is 1.21 bits per heavy atom. The number of hydrogen-bond acceptors (Lipinski definition) is 4. The van der Waals surface area contributed by atoms with E-state index in [2.05, 4.69) is 11.8 Å². The molecule has 2 rings (SSSR count). The van der Waals surface area contributed by atoms with E-state index < -0.39 is 10.0 Å². The standard InChI is InChI=1S/C17H27N3O3S/c1-5-20-11-9-15(10-12-20)19(4)24(22,23)16-8-6-7-14(13-16)17(21)18(2)3/h6-8,13,15H,5,9-12H2,1-4H3. The summed E-state index contributed by atoms with van der Waals surface area (Å²) in [6.45, 7) is 4.95. The zero-order chi connectivity index (χ0) is 17.9. The number of benzene rings is 1. The monoisotopic (exact) mass is 353 g/mol. The highest BCUT2D eigenvalue weighted by atomic mass is 32.2. The van der Waals surface area contributed by atoms with E-state index in [1.54, 1.807) is 39.3 Å². The fourth-order valence-corrected chi connectivity index (χ4v) is 4.47. The van der Waals surface area contributed by atoms with Gasteiger partial charge in [0.15, 0.2) is 0 Å². The van der Waals surface area contributed by atoms with Crippen LogP contribution in [0.1, 0.15) is 30.1 Å². The van der Waals surface area contributed by atoms with Gasteiger partial charge < -0.3 is 9.80 Å². The first kappa shape index (κ1) is 18.9. The van der Waals surface area contributed by atoms with E-state index in [4.69, 9.17) is 0 Å². The first-order chi connectivity index (χ1) is 11.3. The van der Waals surface area contributed by atoms with Crippen molar-refractivity contribution in [2.75, 3.05) is 40.8 Å². The molecule has 1 aromatic carbocycles. The number of carbonyl (C=O) groups excluding carboxylic acids is 1. The maximum absolute atomic E-state index is 12.9. The van der Waals surface area contributed by atoms with Gasteiger partial charge in [-0.15, -0.1) is 0 Å². The molecule has 0 bridgehead atoms. The lowest BCUT2D eigenvalue weighted by atomic mass is 10.1. The van der Waals surface area contributed by atoms with Gasteiger partial charge in [-0.05, 0) is 50.7 Å². The quantitative estimate of drug-likeness (QED) is 0.805. The topological polar surface area (TPSA) is 60.9 Å². The van der Waals surface area contributed by atoms with Crippen molar-refractivity contribution < 1.29 is 13.2 Å². The molecule has 0 aliphatic carbocycles. The Bertz CT molecular complexity index is 680. The minimum atomic E-state index is -3.60. The molecule has 1 aromatic rings. The van der Waals surface area contributed by atoms with Crippen molar-refractivity contribution >= 4 is 15.9 Å². The van der Waals surface area contributed by atoms with Gasteiger partial charge in [0.05, 0.1) is 4.90 Å². The summed E-state index contributed by atoms with van der Waals surface area (Å²) in [5.74, 6) is -0.203. The summed E-state index contributed by atoms with van der Waals surface area (Å²) in [5, 5.41) is 0. The number of likely N-dealkylation sites (tertiary alicyclic amines) is 1. The smallest absolute Gasteiger partial charge is 0.253 e. The maximum atomic E-state index is 12.9. The van der Waals surface area contributed by atoms with Crippen LogP contribution in [0.5, 0.6) is 0 Å². The molecule has 1 fully saturated rings. The van der Waals surface area contributed by atoms with Crippen molar-refractivity contribution in [1.82, 2.24) is 14.1 Å². The Morgan fingerprint density at radius 2 is 1.83 bits per heavy atom. The number of piperidine rings is 1. The third kappa shape index (κ3) is 3.96. The fourth-order valence-electron chi connectivity index (χ4n) is 3.01. The average Bonchev–Trinajstić information content (AvgIpc) is 2.60. The maximum Gasteiger partial charge on any atom is 0.253 e. The zero-order valence-electron chi connectivity index (χ0n) is 14.9. The second kappa shape index (κ2) is 7.63. The highest BCUT2D eigenvalue weighted by Gasteiger charge is 2.30. The molecule has 24 heavy (non-hydrogen) atoms. The van der Waals surface area contributed by atoms with Gasteiger partial charge >= 0.3 is 0 Å². The van der Waals surface area contributed by atoms with E-state index in [1.165, 1.54) is 15.3 Å². The van der Waals surface area contributed by atoms with Crippen molar-refractivity contribution in [1.29, 1.82) is 0 Å². The number of amides is 1. The van der Waals surface area contributed by atoms with Gasteiger partial charge in [-0.1, -0.05) is 13.0 Å². The Balaban J connectivity index is 2.21. The highest BCUT2D eigenvalue weighted by molar-refractivity contribution is 7.89. The van der Waals surface area contributed by atoms with Crippen LogP contribution < -0.4 is 0 Å². The summed E-state index contributed by atoms with van der Waals surface area (Å²) in [7, 11) is 1.34. The van der Waals surface area contributed by atoms with E-state index in [1.807, 2.05) is 0 Å². The van der Waals surface area contributed by atoms with Crippen LogP contribution in [-0.4, -0.2) is 75.2 Å². The molecule has 0 aromatic heterocycles. The summed E-state index contributed by atoms with van der Waals surface area (Å²) in [6, 6.07) is 6.29. The molecule has 6 nitrogen and oxygen atoms in total. The molecule has 0 N–H and O–H groups in total. The predicted octanol–water partition coefficient (Wildman–Crippen LogP) is 1.49. The fraction of sp³-hybridized carbons (Fsp3) is 0.588. The molecule has 7 heteroatoms. The summed E-state index contributed by atoms with van der Waals surface area (Å²) in [4.78, 5) is 16.0. The summed E-state index contributed by atoms with van der Waals surface area (Å²) in [6.07, 6.45) is 1.67. The lowest BCUT2D eigenvalue weighted by Gasteiger charge is -2.35. The minimum Gasteiger partial charge on any atom is -0.345 e. The number of carbonyl (C=O) groups is 1. The highest BCUT2D eigenvalue weighted by Crippen LogP contribution is 2.23. The van der Waals surface area contributed by atoms with Crippen LogP contribution in [0.25, 0.3) is 0 Å². The van der Waals surface area contributed by atoms with E-state index in [-0.39, 0.29) is 16.8 Å².